The topological polar surface area (TPSA) is 49.9 Å². The van der Waals surface area contributed by atoms with Gasteiger partial charge in [0.05, 0.1) is 12.8 Å². The van der Waals surface area contributed by atoms with Gasteiger partial charge < -0.3 is 10.1 Å². The number of H-pyrrole nitrogens is 1. The van der Waals surface area contributed by atoms with Gasteiger partial charge in [-0.2, -0.15) is 5.10 Å². The van der Waals surface area contributed by atoms with E-state index in [0.717, 1.165) is 23.7 Å². The minimum Gasteiger partial charge on any atom is -0.496 e. The van der Waals surface area contributed by atoms with Crippen molar-refractivity contribution in [1.82, 2.24) is 15.5 Å². The standard InChI is InChI=1S/C16H23N3O/c1-10-6-7-16(20-5)14(8-10)11(2)17-9-15-12(3)18-19-13(15)4/h6-8,11,17H,9H2,1-5H3,(H,18,19). The second-order valence-corrected chi connectivity index (χ2v) is 5.26. The Kier molecular flexibility index (Phi) is 4.45. The van der Waals surface area contributed by atoms with E-state index in [1.807, 2.05) is 13.0 Å². The van der Waals surface area contributed by atoms with Gasteiger partial charge in [-0.25, -0.2) is 0 Å². The Morgan fingerprint density at radius 3 is 2.65 bits per heavy atom. The molecule has 0 spiro atoms. The van der Waals surface area contributed by atoms with E-state index in [0.29, 0.717) is 0 Å². The fraction of sp³-hybridized carbons (Fsp3) is 0.438. The van der Waals surface area contributed by atoms with Crippen molar-refractivity contribution in [2.75, 3.05) is 7.11 Å². The van der Waals surface area contributed by atoms with Gasteiger partial charge in [-0.3, -0.25) is 5.10 Å². The van der Waals surface area contributed by atoms with Crippen molar-refractivity contribution >= 4 is 0 Å². The smallest absolute Gasteiger partial charge is 0.123 e. The molecular weight excluding hydrogens is 250 g/mol. The van der Waals surface area contributed by atoms with Crippen LogP contribution in [-0.2, 0) is 6.54 Å². The molecule has 1 heterocycles. The van der Waals surface area contributed by atoms with E-state index in [4.69, 9.17) is 4.74 Å². The van der Waals surface area contributed by atoms with Crippen molar-refractivity contribution in [2.45, 2.75) is 40.3 Å². The molecule has 0 radical (unpaired) electrons. The number of nitrogens with zero attached hydrogens (tertiary/aromatic N) is 1. The van der Waals surface area contributed by atoms with Gasteiger partial charge in [0.25, 0.3) is 0 Å². The lowest BCUT2D eigenvalue weighted by molar-refractivity contribution is 0.401. The molecule has 2 N–H and O–H groups in total. The first-order valence-corrected chi connectivity index (χ1v) is 6.91. The van der Waals surface area contributed by atoms with Crippen LogP contribution in [0.25, 0.3) is 0 Å². The average Bonchev–Trinajstić information content (AvgIpc) is 2.75. The zero-order chi connectivity index (χ0) is 14.7. The molecule has 0 fully saturated rings. The first-order chi connectivity index (χ1) is 9.52. The third-order valence-electron chi connectivity index (χ3n) is 3.72. The second kappa shape index (κ2) is 6.09. The molecule has 2 rings (SSSR count). The van der Waals surface area contributed by atoms with Crippen molar-refractivity contribution in [1.29, 1.82) is 0 Å². The molecule has 0 amide bonds. The van der Waals surface area contributed by atoms with Gasteiger partial charge in [0.15, 0.2) is 0 Å². The Labute approximate surface area is 120 Å². The van der Waals surface area contributed by atoms with Crippen molar-refractivity contribution in [3.05, 3.63) is 46.3 Å². The summed E-state index contributed by atoms with van der Waals surface area (Å²) in [5.74, 6) is 0.927. The summed E-state index contributed by atoms with van der Waals surface area (Å²) >= 11 is 0. The van der Waals surface area contributed by atoms with Crippen molar-refractivity contribution in [3.8, 4) is 5.75 Å². The third kappa shape index (κ3) is 3.02. The summed E-state index contributed by atoms with van der Waals surface area (Å²) in [4.78, 5) is 0. The number of hydrogen-bond donors (Lipinski definition) is 2. The van der Waals surface area contributed by atoms with Gasteiger partial charge in [0.2, 0.25) is 0 Å². The monoisotopic (exact) mass is 273 g/mol. The summed E-state index contributed by atoms with van der Waals surface area (Å²) in [5.41, 5.74) is 5.84. The van der Waals surface area contributed by atoms with Gasteiger partial charge in [-0.05, 0) is 33.8 Å². The molecule has 1 aromatic heterocycles. The predicted molar refractivity (Wildman–Crippen MR) is 81.0 cm³/mol. The van der Waals surface area contributed by atoms with Crippen molar-refractivity contribution in [3.63, 3.8) is 0 Å². The molecule has 4 nitrogen and oxygen atoms in total. The molecule has 2 aromatic rings. The molecule has 4 heteroatoms. The summed E-state index contributed by atoms with van der Waals surface area (Å²) in [5, 5.41) is 10.8. The van der Waals surface area contributed by atoms with E-state index < -0.39 is 0 Å². The number of aromatic amines is 1. The first kappa shape index (κ1) is 14.6. The highest BCUT2D eigenvalue weighted by Crippen LogP contribution is 2.26. The largest absolute Gasteiger partial charge is 0.496 e. The maximum Gasteiger partial charge on any atom is 0.123 e. The molecule has 0 saturated carbocycles. The van der Waals surface area contributed by atoms with Crippen molar-refractivity contribution in [2.24, 2.45) is 0 Å². The molecule has 1 atom stereocenters. The summed E-state index contributed by atoms with van der Waals surface area (Å²) in [7, 11) is 1.71. The lowest BCUT2D eigenvalue weighted by Gasteiger charge is -2.18. The van der Waals surface area contributed by atoms with Crippen molar-refractivity contribution < 1.29 is 4.74 Å². The van der Waals surface area contributed by atoms with Crippen LogP contribution < -0.4 is 10.1 Å². The van der Waals surface area contributed by atoms with Crippen LogP contribution in [0.4, 0.5) is 0 Å². The summed E-state index contributed by atoms with van der Waals surface area (Å²) in [6.07, 6.45) is 0. The number of ether oxygens (including phenoxy) is 1. The normalized spacial score (nSPS) is 12.4. The Hall–Kier alpha value is -1.81. The number of hydrogen-bond acceptors (Lipinski definition) is 3. The quantitative estimate of drug-likeness (QED) is 0.879. The summed E-state index contributed by atoms with van der Waals surface area (Å²) in [6, 6.07) is 6.49. The van der Waals surface area contributed by atoms with Gasteiger partial charge >= 0.3 is 0 Å². The lowest BCUT2D eigenvalue weighted by Crippen LogP contribution is -2.19. The number of methoxy groups -OCH3 is 1. The number of aryl methyl sites for hydroxylation is 3. The maximum atomic E-state index is 5.45. The van der Waals surface area contributed by atoms with E-state index in [1.54, 1.807) is 7.11 Å². The minimum atomic E-state index is 0.221. The Balaban J connectivity index is 2.12. The Morgan fingerprint density at radius 2 is 2.05 bits per heavy atom. The molecule has 0 aliphatic heterocycles. The van der Waals surface area contributed by atoms with E-state index >= 15 is 0 Å². The fourth-order valence-electron chi connectivity index (χ4n) is 2.39. The van der Waals surface area contributed by atoms with Gasteiger partial charge in [-0.15, -0.1) is 0 Å². The molecule has 20 heavy (non-hydrogen) atoms. The molecule has 108 valence electrons. The SMILES string of the molecule is COc1ccc(C)cc1C(C)NCc1c(C)n[nH]c1C. The van der Waals surface area contributed by atoms with Crippen LogP contribution in [0.15, 0.2) is 18.2 Å². The van der Waals surface area contributed by atoms with E-state index in [9.17, 15) is 0 Å². The lowest BCUT2D eigenvalue weighted by atomic mass is 10.0. The highest BCUT2D eigenvalue weighted by Gasteiger charge is 2.13. The highest BCUT2D eigenvalue weighted by molar-refractivity contribution is 5.39. The van der Waals surface area contributed by atoms with E-state index in [-0.39, 0.29) is 6.04 Å². The fourth-order valence-corrected chi connectivity index (χ4v) is 2.39. The molecule has 0 aliphatic carbocycles. The summed E-state index contributed by atoms with van der Waals surface area (Å²) < 4.78 is 5.45. The summed E-state index contributed by atoms with van der Waals surface area (Å²) in [6.45, 7) is 9.13. The van der Waals surface area contributed by atoms with Crippen LogP contribution in [0.1, 0.15) is 41.0 Å². The molecule has 1 unspecified atom stereocenters. The number of aromatic nitrogens is 2. The number of rotatable bonds is 5. The van der Waals surface area contributed by atoms with Crippen LogP contribution in [-0.4, -0.2) is 17.3 Å². The van der Waals surface area contributed by atoms with Crippen LogP contribution in [0.3, 0.4) is 0 Å². The Bertz CT molecular complexity index is 570. The third-order valence-corrected chi connectivity index (χ3v) is 3.72. The average molecular weight is 273 g/mol. The van der Waals surface area contributed by atoms with Crippen LogP contribution >= 0.6 is 0 Å². The van der Waals surface area contributed by atoms with Crippen LogP contribution in [0.5, 0.6) is 5.75 Å². The second-order valence-electron chi connectivity index (χ2n) is 5.26. The van der Waals surface area contributed by atoms with Gasteiger partial charge in [0.1, 0.15) is 5.75 Å². The number of nitrogens with one attached hydrogen (secondary N) is 2. The molecule has 1 aromatic carbocycles. The highest BCUT2D eigenvalue weighted by atomic mass is 16.5. The predicted octanol–water partition coefficient (Wildman–Crippen LogP) is 3.19. The van der Waals surface area contributed by atoms with Crippen LogP contribution in [0, 0.1) is 20.8 Å². The van der Waals surface area contributed by atoms with Crippen LogP contribution in [0.2, 0.25) is 0 Å². The Morgan fingerprint density at radius 1 is 1.30 bits per heavy atom. The van der Waals surface area contributed by atoms with E-state index in [1.165, 1.54) is 16.7 Å². The minimum absolute atomic E-state index is 0.221. The maximum absolute atomic E-state index is 5.45. The first-order valence-electron chi connectivity index (χ1n) is 6.91. The van der Waals surface area contributed by atoms with E-state index in [2.05, 4.69) is 48.4 Å². The molecular formula is C16H23N3O. The molecule has 0 aliphatic rings. The number of benzene rings is 1. The zero-order valence-corrected chi connectivity index (χ0v) is 12.9. The zero-order valence-electron chi connectivity index (χ0n) is 12.9. The van der Waals surface area contributed by atoms with Gasteiger partial charge in [-0.1, -0.05) is 17.7 Å². The molecule has 0 bridgehead atoms. The van der Waals surface area contributed by atoms with Gasteiger partial charge in [0, 0.05) is 29.4 Å². The molecule has 0 saturated heterocycles.